The number of carbonyl (C=O) groups excluding carboxylic acids is 1. The largest absolute Gasteiger partial charge is 0.352 e. The molecule has 2 unspecified atom stereocenters. The van der Waals surface area contributed by atoms with Gasteiger partial charge in [0.2, 0.25) is 5.91 Å². The number of para-hydroxylation sites is 1. The Morgan fingerprint density at radius 1 is 1.09 bits per heavy atom. The van der Waals surface area contributed by atoms with Gasteiger partial charge in [0.25, 0.3) is 0 Å². The van der Waals surface area contributed by atoms with Crippen LogP contribution in [0.2, 0.25) is 5.02 Å². The molecule has 0 saturated carbocycles. The van der Waals surface area contributed by atoms with E-state index >= 15 is 0 Å². The van der Waals surface area contributed by atoms with E-state index in [9.17, 15) is 4.79 Å². The van der Waals surface area contributed by atoms with Gasteiger partial charge in [0.05, 0.1) is 17.8 Å². The highest BCUT2D eigenvalue weighted by Gasteiger charge is 2.42. The van der Waals surface area contributed by atoms with E-state index in [4.69, 9.17) is 23.8 Å². The normalized spacial score (nSPS) is 17.3. The van der Waals surface area contributed by atoms with Gasteiger partial charge in [0.15, 0.2) is 5.11 Å². The van der Waals surface area contributed by atoms with Gasteiger partial charge >= 0.3 is 0 Å². The lowest BCUT2D eigenvalue weighted by atomic mass is 10.0. The van der Waals surface area contributed by atoms with E-state index in [-0.39, 0.29) is 24.5 Å². The number of rotatable bonds is 6. The Morgan fingerprint density at radius 3 is 2.63 bits per heavy atom. The van der Waals surface area contributed by atoms with E-state index in [0.29, 0.717) is 5.11 Å². The van der Waals surface area contributed by atoms with Crippen molar-refractivity contribution in [3.05, 3.63) is 113 Å². The smallest absolute Gasteiger partial charge is 0.244 e. The first-order valence-corrected chi connectivity index (χ1v) is 12.1. The van der Waals surface area contributed by atoms with Crippen LogP contribution in [0.3, 0.4) is 0 Å². The topological polar surface area (TPSA) is 62.2 Å². The summed E-state index contributed by atoms with van der Waals surface area (Å²) in [4.78, 5) is 19.6. The van der Waals surface area contributed by atoms with Gasteiger partial charge in [-0.05, 0) is 79.3 Å². The monoisotopic (exact) mass is 501 g/mol. The van der Waals surface area contributed by atoms with Crippen molar-refractivity contribution < 1.29 is 4.79 Å². The van der Waals surface area contributed by atoms with E-state index in [1.54, 1.807) is 6.20 Å². The number of hydrogen-bond acceptors (Lipinski definition) is 3. The zero-order chi connectivity index (χ0) is 24.4. The Bertz CT molecular complexity index is 1360. The van der Waals surface area contributed by atoms with E-state index in [1.165, 1.54) is 0 Å². The van der Waals surface area contributed by atoms with Crippen LogP contribution in [-0.2, 0) is 4.79 Å². The molecule has 3 heterocycles. The maximum Gasteiger partial charge on any atom is 0.244 e. The molecule has 2 atom stereocenters. The van der Waals surface area contributed by atoms with Gasteiger partial charge in [-0.1, -0.05) is 35.9 Å². The highest BCUT2D eigenvalue weighted by molar-refractivity contribution is 7.80. The molecule has 4 aromatic rings. The summed E-state index contributed by atoms with van der Waals surface area (Å²) in [6.07, 6.45) is 3.78. The van der Waals surface area contributed by atoms with Crippen molar-refractivity contribution in [2.24, 2.45) is 0 Å². The number of benzene rings is 2. The van der Waals surface area contributed by atoms with Crippen LogP contribution in [0.1, 0.15) is 29.0 Å². The van der Waals surface area contributed by atoms with E-state index in [1.807, 2.05) is 84.8 Å². The molecule has 2 aromatic carbocycles. The van der Waals surface area contributed by atoms with Gasteiger partial charge in [-0.25, -0.2) is 0 Å². The van der Waals surface area contributed by atoms with Crippen molar-refractivity contribution in [1.29, 1.82) is 0 Å². The fraction of sp³-hybridized carbons (Fsp3) is 0.148. The molecule has 35 heavy (non-hydrogen) atoms. The summed E-state index contributed by atoms with van der Waals surface area (Å²) in [5.41, 5.74) is 4.56. The molecule has 0 bridgehead atoms. The van der Waals surface area contributed by atoms with E-state index < -0.39 is 0 Å². The molecule has 2 aromatic heterocycles. The Balaban J connectivity index is 1.52. The Labute approximate surface area is 214 Å². The second-order valence-electron chi connectivity index (χ2n) is 8.41. The molecule has 1 amide bonds. The zero-order valence-corrected chi connectivity index (χ0v) is 20.6. The third-order valence-electron chi connectivity index (χ3n) is 6.07. The minimum atomic E-state index is -0.259. The van der Waals surface area contributed by atoms with Crippen LogP contribution in [0.15, 0.2) is 91.3 Å². The quantitative estimate of drug-likeness (QED) is 0.344. The molecule has 1 aliphatic heterocycles. The highest BCUT2D eigenvalue weighted by Crippen LogP contribution is 2.39. The Morgan fingerprint density at radius 2 is 1.89 bits per heavy atom. The average Bonchev–Trinajstić information content (AvgIpc) is 3.46. The Kier molecular flexibility index (Phi) is 6.53. The van der Waals surface area contributed by atoms with Crippen LogP contribution in [0.25, 0.3) is 5.69 Å². The number of nitrogens with zero attached hydrogens (tertiary/aromatic N) is 3. The number of pyridine rings is 1. The number of carbonyl (C=O) groups is 1. The summed E-state index contributed by atoms with van der Waals surface area (Å²) < 4.78 is 2.11. The molecule has 176 valence electrons. The number of halogens is 1. The average molecular weight is 502 g/mol. The second-order valence-corrected chi connectivity index (χ2v) is 9.20. The molecule has 6 nitrogen and oxygen atoms in total. The van der Waals surface area contributed by atoms with Crippen molar-refractivity contribution in [3.8, 4) is 5.69 Å². The molecule has 1 saturated heterocycles. The van der Waals surface area contributed by atoms with Gasteiger partial charge in [0.1, 0.15) is 6.54 Å². The predicted octanol–water partition coefficient (Wildman–Crippen LogP) is 5.45. The fourth-order valence-electron chi connectivity index (χ4n) is 4.42. The van der Waals surface area contributed by atoms with Crippen LogP contribution in [0.4, 0.5) is 5.69 Å². The van der Waals surface area contributed by atoms with Crippen LogP contribution in [0.5, 0.6) is 0 Å². The first-order valence-electron chi connectivity index (χ1n) is 11.3. The van der Waals surface area contributed by atoms with Crippen molar-refractivity contribution >= 4 is 40.5 Å². The molecule has 1 fully saturated rings. The first kappa shape index (κ1) is 23.1. The van der Waals surface area contributed by atoms with Crippen molar-refractivity contribution in [1.82, 2.24) is 19.8 Å². The molecule has 8 heteroatoms. The Hall–Kier alpha value is -3.68. The van der Waals surface area contributed by atoms with E-state index in [0.717, 1.165) is 33.3 Å². The molecule has 0 radical (unpaired) electrons. The fourth-order valence-corrected chi connectivity index (χ4v) is 4.85. The molecule has 5 rings (SSSR count). The van der Waals surface area contributed by atoms with Gasteiger partial charge in [-0.15, -0.1) is 0 Å². The van der Waals surface area contributed by atoms with Gasteiger partial charge in [-0.3, -0.25) is 9.78 Å². The maximum absolute atomic E-state index is 13.0. The molecule has 0 aliphatic carbocycles. The minimum Gasteiger partial charge on any atom is -0.352 e. The number of amides is 1. The summed E-state index contributed by atoms with van der Waals surface area (Å²) in [6.45, 7) is 2.08. The number of thiocarbonyl (C=S) groups is 1. The molecular weight excluding hydrogens is 478 g/mol. The molecule has 1 aliphatic rings. The zero-order valence-electron chi connectivity index (χ0n) is 19.1. The van der Waals surface area contributed by atoms with Crippen LogP contribution in [0, 0.1) is 6.92 Å². The van der Waals surface area contributed by atoms with Crippen LogP contribution >= 0.6 is 23.8 Å². The molecule has 2 N–H and O–H groups in total. The maximum atomic E-state index is 13.0. The molecular formula is C27H24ClN5OS. The standard InChI is InChI=1S/C27H24ClN5OS/c1-18-16-20(12-13-21(18)28)32-15-7-11-23(32)26-25(22-10-5-6-14-29-22)31-27(35)33(26)17-24(34)30-19-8-3-2-4-9-19/h2-16,25-26H,17H2,1H3,(H,30,34)(H,31,35). The number of hydrogen-bond donors (Lipinski definition) is 2. The SMILES string of the molecule is Cc1cc(-n2cccc2C2C(c3ccccn3)NC(=S)N2CC(=O)Nc2ccccc2)ccc1Cl. The number of aryl methyl sites for hydroxylation is 1. The lowest BCUT2D eigenvalue weighted by Gasteiger charge is -2.28. The van der Waals surface area contributed by atoms with Gasteiger partial charge in [0, 0.05) is 34.5 Å². The van der Waals surface area contributed by atoms with Crippen LogP contribution in [-0.4, -0.2) is 32.0 Å². The van der Waals surface area contributed by atoms with Crippen LogP contribution < -0.4 is 10.6 Å². The summed E-state index contributed by atoms with van der Waals surface area (Å²) in [5, 5.41) is 7.60. The first-order chi connectivity index (χ1) is 17.0. The number of nitrogens with one attached hydrogen (secondary N) is 2. The highest BCUT2D eigenvalue weighted by atomic mass is 35.5. The van der Waals surface area contributed by atoms with Crippen molar-refractivity contribution in [3.63, 3.8) is 0 Å². The second kappa shape index (κ2) is 9.90. The predicted molar refractivity (Wildman–Crippen MR) is 143 cm³/mol. The van der Waals surface area contributed by atoms with Crippen molar-refractivity contribution in [2.75, 3.05) is 11.9 Å². The lowest BCUT2D eigenvalue weighted by molar-refractivity contribution is -0.116. The minimum absolute atomic E-state index is 0.0968. The summed E-state index contributed by atoms with van der Waals surface area (Å²) in [6, 6.07) is 24.7. The summed E-state index contributed by atoms with van der Waals surface area (Å²) in [5.74, 6) is -0.146. The lowest BCUT2D eigenvalue weighted by Crippen LogP contribution is -2.37. The van der Waals surface area contributed by atoms with Crippen molar-refractivity contribution in [2.45, 2.75) is 19.0 Å². The number of anilines is 1. The van der Waals surface area contributed by atoms with Gasteiger partial charge < -0.3 is 20.1 Å². The number of aromatic nitrogens is 2. The van der Waals surface area contributed by atoms with Gasteiger partial charge in [-0.2, -0.15) is 0 Å². The third-order valence-corrected chi connectivity index (χ3v) is 6.85. The summed E-state index contributed by atoms with van der Waals surface area (Å²) in [7, 11) is 0. The van der Waals surface area contributed by atoms with E-state index in [2.05, 4.69) is 32.3 Å². The summed E-state index contributed by atoms with van der Waals surface area (Å²) >= 11 is 12.0. The molecule has 0 spiro atoms. The third kappa shape index (κ3) is 4.78.